The molecule has 11 nitrogen and oxygen atoms in total. The minimum Gasteiger partial charge on any atom is -0.444 e. The van der Waals surface area contributed by atoms with Crippen LogP contribution in [0.4, 0.5) is 4.79 Å². The Morgan fingerprint density at radius 3 is 2.09 bits per heavy atom. The third kappa shape index (κ3) is 6.85. The second-order valence-corrected chi connectivity index (χ2v) is 11.4. The summed E-state index contributed by atoms with van der Waals surface area (Å²) in [6.07, 6.45) is 1.16. The monoisotopic (exact) mass is 495 g/mol. The summed E-state index contributed by atoms with van der Waals surface area (Å²) in [7, 11) is 1.49. The van der Waals surface area contributed by atoms with Crippen molar-refractivity contribution in [3.8, 4) is 0 Å². The molecule has 0 saturated carbocycles. The summed E-state index contributed by atoms with van der Waals surface area (Å²) in [4.78, 5) is 66.9. The SMILES string of the molecule is C[C@@H](C(=O)NC(C(=O)N1CCC2C1CCN2C(=O)CNC=O)C(C)(C)C)N(C)C(=O)OC(C)(C)C. The van der Waals surface area contributed by atoms with E-state index in [-0.39, 0.29) is 30.4 Å². The summed E-state index contributed by atoms with van der Waals surface area (Å²) in [5.41, 5.74) is -1.28. The summed E-state index contributed by atoms with van der Waals surface area (Å²) < 4.78 is 5.35. The van der Waals surface area contributed by atoms with Gasteiger partial charge in [0, 0.05) is 20.1 Å². The molecule has 4 atom stereocenters. The first-order valence-corrected chi connectivity index (χ1v) is 12.1. The Labute approximate surface area is 207 Å². The van der Waals surface area contributed by atoms with Crippen LogP contribution in [0.1, 0.15) is 61.3 Å². The summed E-state index contributed by atoms with van der Waals surface area (Å²) in [6.45, 7) is 13.4. The number of carbonyl (C=O) groups excluding carboxylic acids is 5. The molecule has 35 heavy (non-hydrogen) atoms. The highest BCUT2D eigenvalue weighted by Crippen LogP contribution is 2.34. The molecular formula is C24H41N5O6. The second kappa shape index (κ2) is 10.8. The van der Waals surface area contributed by atoms with E-state index in [4.69, 9.17) is 4.74 Å². The predicted molar refractivity (Wildman–Crippen MR) is 129 cm³/mol. The Bertz CT molecular complexity index is 833. The van der Waals surface area contributed by atoms with Crippen LogP contribution >= 0.6 is 0 Å². The van der Waals surface area contributed by atoms with E-state index < -0.39 is 35.1 Å². The first kappa shape index (κ1) is 28.4. The molecule has 198 valence electrons. The topological polar surface area (TPSA) is 128 Å². The number of nitrogens with one attached hydrogen (secondary N) is 2. The van der Waals surface area contributed by atoms with Gasteiger partial charge in [0.05, 0.1) is 18.6 Å². The van der Waals surface area contributed by atoms with Crippen LogP contribution < -0.4 is 10.6 Å². The maximum atomic E-state index is 13.7. The van der Waals surface area contributed by atoms with Gasteiger partial charge in [-0.25, -0.2) is 4.79 Å². The Morgan fingerprint density at radius 1 is 1.03 bits per heavy atom. The Hall–Kier alpha value is -2.85. The third-order valence-corrected chi connectivity index (χ3v) is 6.56. The lowest BCUT2D eigenvalue weighted by Gasteiger charge is -2.37. The lowest BCUT2D eigenvalue weighted by Crippen LogP contribution is -2.59. The molecule has 0 spiro atoms. The van der Waals surface area contributed by atoms with E-state index >= 15 is 0 Å². The molecule has 0 radical (unpaired) electrons. The zero-order valence-electron chi connectivity index (χ0n) is 22.2. The number of likely N-dealkylation sites (tertiary alicyclic amines) is 2. The van der Waals surface area contributed by atoms with Crippen molar-refractivity contribution < 1.29 is 28.7 Å². The molecule has 0 aromatic carbocycles. The van der Waals surface area contributed by atoms with Gasteiger partial charge in [-0.3, -0.25) is 24.1 Å². The van der Waals surface area contributed by atoms with Gasteiger partial charge in [-0.15, -0.1) is 0 Å². The average molecular weight is 496 g/mol. The number of carbonyl (C=O) groups is 5. The lowest BCUT2D eigenvalue weighted by molar-refractivity contribution is -0.141. The van der Waals surface area contributed by atoms with Gasteiger partial charge in [0.15, 0.2) is 0 Å². The van der Waals surface area contributed by atoms with Gasteiger partial charge in [0.25, 0.3) is 0 Å². The van der Waals surface area contributed by atoms with Crippen molar-refractivity contribution >= 4 is 30.2 Å². The predicted octanol–water partition coefficient (Wildman–Crippen LogP) is 0.721. The minimum atomic E-state index is -0.848. The first-order chi connectivity index (χ1) is 16.1. The molecule has 11 heteroatoms. The van der Waals surface area contributed by atoms with Crippen LogP contribution in [0.2, 0.25) is 0 Å². The molecule has 0 aliphatic carbocycles. The number of rotatable bonds is 7. The van der Waals surface area contributed by atoms with Crippen molar-refractivity contribution in [2.24, 2.45) is 5.41 Å². The van der Waals surface area contributed by atoms with Crippen molar-refractivity contribution in [3.63, 3.8) is 0 Å². The number of hydrogen-bond donors (Lipinski definition) is 2. The van der Waals surface area contributed by atoms with Crippen molar-refractivity contribution in [1.82, 2.24) is 25.3 Å². The van der Waals surface area contributed by atoms with Crippen LogP contribution in [0.3, 0.4) is 0 Å². The summed E-state index contributed by atoms with van der Waals surface area (Å²) in [5.74, 6) is -0.824. The van der Waals surface area contributed by atoms with E-state index in [0.717, 1.165) is 0 Å². The zero-order valence-corrected chi connectivity index (χ0v) is 22.2. The summed E-state index contributed by atoms with van der Waals surface area (Å²) >= 11 is 0. The summed E-state index contributed by atoms with van der Waals surface area (Å²) in [5, 5.41) is 5.27. The molecule has 3 unspecified atom stereocenters. The number of amides is 5. The van der Waals surface area contributed by atoms with Crippen molar-refractivity contribution in [2.45, 2.75) is 91.1 Å². The highest BCUT2D eigenvalue weighted by atomic mass is 16.6. The van der Waals surface area contributed by atoms with Gasteiger partial charge in [-0.05, 0) is 46.0 Å². The zero-order chi connectivity index (χ0) is 26.7. The van der Waals surface area contributed by atoms with E-state index in [0.29, 0.717) is 32.3 Å². The van der Waals surface area contributed by atoms with Crippen molar-refractivity contribution in [1.29, 1.82) is 0 Å². The highest BCUT2D eigenvalue weighted by Gasteiger charge is 2.49. The molecule has 2 fully saturated rings. The fraction of sp³-hybridized carbons (Fsp3) is 0.792. The van der Waals surface area contributed by atoms with Gasteiger partial charge in [0.1, 0.15) is 17.7 Å². The molecular weight excluding hydrogens is 454 g/mol. The average Bonchev–Trinajstić information content (AvgIpc) is 3.34. The van der Waals surface area contributed by atoms with Crippen LogP contribution in [0, 0.1) is 5.41 Å². The largest absolute Gasteiger partial charge is 0.444 e. The van der Waals surface area contributed by atoms with Gasteiger partial charge in [0.2, 0.25) is 24.1 Å². The van der Waals surface area contributed by atoms with Gasteiger partial charge < -0.3 is 25.2 Å². The van der Waals surface area contributed by atoms with Crippen molar-refractivity contribution in [3.05, 3.63) is 0 Å². The Kier molecular flexibility index (Phi) is 8.78. The molecule has 2 aliphatic heterocycles. The van der Waals surface area contributed by atoms with Crippen molar-refractivity contribution in [2.75, 3.05) is 26.7 Å². The van der Waals surface area contributed by atoms with Crippen LogP contribution in [0.5, 0.6) is 0 Å². The van der Waals surface area contributed by atoms with Gasteiger partial charge in [-0.1, -0.05) is 20.8 Å². The fourth-order valence-corrected chi connectivity index (χ4v) is 4.55. The molecule has 2 N–H and O–H groups in total. The van der Waals surface area contributed by atoms with E-state index in [2.05, 4.69) is 10.6 Å². The lowest BCUT2D eigenvalue weighted by atomic mass is 9.85. The highest BCUT2D eigenvalue weighted by molar-refractivity contribution is 5.92. The minimum absolute atomic E-state index is 0.0651. The normalized spacial score (nSPS) is 21.6. The molecule has 0 bridgehead atoms. The van der Waals surface area contributed by atoms with Gasteiger partial charge >= 0.3 is 6.09 Å². The first-order valence-electron chi connectivity index (χ1n) is 12.1. The molecule has 0 aromatic rings. The van der Waals surface area contributed by atoms with Crippen LogP contribution in [0.25, 0.3) is 0 Å². The maximum absolute atomic E-state index is 13.7. The summed E-state index contributed by atoms with van der Waals surface area (Å²) in [6, 6.07) is -1.90. The number of ether oxygens (including phenoxy) is 1. The standard InChI is InChI=1S/C24H41N5O6/c1-15(27(8)22(34)35-24(5,6)7)20(32)26-19(23(2,3)4)21(33)29-12-10-16-17(29)9-11-28(16)18(31)13-25-14-30/h14-17,19H,9-13H2,1-8H3,(H,25,30)(H,26,32)/t15-,16?,17?,19?/m0/s1. The smallest absolute Gasteiger partial charge is 0.410 e. The Morgan fingerprint density at radius 2 is 1.57 bits per heavy atom. The number of fused-ring (bicyclic) bond motifs is 1. The second-order valence-electron chi connectivity index (χ2n) is 11.4. The van der Waals surface area contributed by atoms with E-state index in [1.165, 1.54) is 11.9 Å². The number of likely N-dealkylation sites (N-methyl/N-ethyl adjacent to an activating group) is 1. The molecule has 2 saturated heterocycles. The molecule has 0 aromatic heterocycles. The van der Waals surface area contributed by atoms with E-state index in [1.807, 2.05) is 20.8 Å². The number of nitrogens with zero attached hydrogens (tertiary/aromatic N) is 3. The van der Waals surface area contributed by atoms with Crippen LogP contribution in [-0.4, -0.2) is 101 Å². The van der Waals surface area contributed by atoms with Gasteiger partial charge in [-0.2, -0.15) is 0 Å². The quantitative estimate of drug-likeness (QED) is 0.501. The molecule has 2 heterocycles. The molecule has 5 amide bonds. The third-order valence-electron chi connectivity index (χ3n) is 6.56. The van der Waals surface area contributed by atoms with E-state index in [9.17, 15) is 24.0 Å². The fourth-order valence-electron chi connectivity index (χ4n) is 4.55. The molecule has 2 aliphatic rings. The maximum Gasteiger partial charge on any atom is 0.410 e. The van der Waals surface area contributed by atoms with E-state index in [1.54, 1.807) is 37.5 Å². The van der Waals surface area contributed by atoms with Crippen LogP contribution in [0.15, 0.2) is 0 Å². The van der Waals surface area contributed by atoms with Crippen LogP contribution in [-0.2, 0) is 23.9 Å². The Balaban J connectivity index is 2.11. The molecule has 2 rings (SSSR count). The number of hydrogen-bond acceptors (Lipinski definition) is 6.